The average molecular weight is 216 g/mol. The van der Waals surface area contributed by atoms with Crippen molar-refractivity contribution in [1.29, 1.82) is 0 Å². The summed E-state index contributed by atoms with van der Waals surface area (Å²) in [5, 5.41) is 9.17. The highest BCUT2D eigenvalue weighted by molar-refractivity contribution is 5.96. The molecule has 4 heteroatoms. The Bertz CT molecular complexity index is 433. The summed E-state index contributed by atoms with van der Waals surface area (Å²) in [7, 11) is 0. The van der Waals surface area contributed by atoms with E-state index in [-0.39, 0.29) is 18.6 Å². The van der Waals surface area contributed by atoms with E-state index in [0.29, 0.717) is 18.5 Å². The Morgan fingerprint density at radius 2 is 2.12 bits per heavy atom. The Balaban J connectivity index is 2.28. The summed E-state index contributed by atoms with van der Waals surface area (Å²) in [5.41, 5.74) is 1.31. The molecule has 1 aliphatic heterocycles. The predicted molar refractivity (Wildman–Crippen MR) is 60.3 cm³/mol. The van der Waals surface area contributed by atoms with Crippen LogP contribution in [0, 0.1) is 6.57 Å². The number of carbonyl (C=O) groups is 1. The van der Waals surface area contributed by atoms with Gasteiger partial charge in [0, 0.05) is 12.1 Å². The van der Waals surface area contributed by atoms with Crippen molar-refractivity contribution in [3.05, 3.63) is 35.7 Å². The van der Waals surface area contributed by atoms with E-state index < -0.39 is 0 Å². The molecule has 1 unspecified atom stereocenters. The lowest BCUT2D eigenvalue weighted by atomic mass is 10.2. The Morgan fingerprint density at radius 3 is 2.69 bits per heavy atom. The molecular weight excluding hydrogens is 204 g/mol. The van der Waals surface area contributed by atoms with Crippen LogP contribution in [-0.4, -0.2) is 23.7 Å². The minimum absolute atomic E-state index is 0.0175. The third-order valence-corrected chi connectivity index (χ3v) is 2.79. The summed E-state index contributed by atoms with van der Waals surface area (Å²) in [6, 6.07) is 6.75. The van der Waals surface area contributed by atoms with Crippen LogP contribution in [0.5, 0.6) is 0 Å². The third kappa shape index (κ3) is 1.77. The number of amides is 1. The number of benzene rings is 1. The van der Waals surface area contributed by atoms with Crippen molar-refractivity contribution >= 4 is 17.3 Å². The molecule has 0 spiro atoms. The summed E-state index contributed by atoms with van der Waals surface area (Å²) in [4.78, 5) is 16.6. The standard InChI is InChI=1S/C12H12N2O2/c1-13-9-2-4-10(5-3-9)14-11(8-15)6-7-12(14)16/h2-5,11,15H,6-8H2. The molecule has 1 saturated heterocycles. The van der Waals surface area contributed by atoms with Crippen LogP contribution in [0.3, 0.4) is 0 Å². The molecular formula is C12H12N2O2. The molecule has 1 atom stereocenters. The first-order valence-electron chi connectivity index (χ1n) is 5.16. The van der Waals surface area contributed by atoms with Crippen LogP contribution in [0.15, 0.2) is 24.3 Å². The second-order valence-corrected chi connectivity index (χ2v) is 3.77. The zero-order valence-corrected chi connectivity index (χ0v) is 8.76. The molecule has 1 heterocycles. The monoisotopic (exact) mass is 216 g/mol. The molecule has 82 valence electrons. The van der Waals surface area contributed by atoms with Gasteiger partial charge in [-0.3, -0.25) is 4.79 Å². The molecule has 1 aromatic carbocycles. The summed E-state index contributed by atoms with van der Waals surface area (Å²) in [6.45, 7) is 6.83. The number of carbonyl (C=O) groups excluding carboxylic acids is 1. The minimum Gasteiger partial charge on any atom is -0.394 e. The van der Waals surface area contributed by atoms with Gasteiger partial charge in [-0.2, -0.15) is 0 Å². The van der Waals surface area contributed by atoms with Crippen molar-refractivity contribution in [3.8, 4) is 0 Å². The highest BCUT2D eigenvalue weighted by Gasteiger charge is 2.31. The van der Waals surface area contributed by atoms with Crippen LogP contribution in [0.1, 0.15) is 12.8 Å². The van der Waals surface area contributed by atoms with Gasteiger partial charge in [0.2, 0.25) is 5.91 Å². The van der Waals surface area contributed by atoms with Crippen LogP contribution in [-0.2, 0) is 4.79 Å². The maximum Gasteiger partial charge on any atom is 0.227 e. The summed E-state index contributed by atoms with van der Waals surface area (Å²) in [5.74, 6) is 0.0367. The van der Waals surface area contributed by atoms with E-state index in [0.717, 1.165) is 5.69 Å². The second-order valence-electron chi connectivity index (χ2n) is 3.77. The topological polar surface area (TPSA) is 44.9 Å². The van der Waals surface area contributed by atoms with E-state index in [4.69, 9.17) is 6.57 Å². The molecule has 0 aromatic heterocycles. The van der Waals surface area contributed by atoms with Crippen LogP contribution in [0.4, 0.5) is 11.4 Å². The van der Waals surface area contributed by atoms with Crippen molar-refractivity contribution in [2.24, 2.45) is 0 Å². The van der Waals surface area contributed by atoms with E-state index in [1.807, 2.05) is 0 Å². The number of aliphatic hydroxyl groups excluding tert-OH is 1. The molecule has 16 heavy (non-hydrogen) atoms. The van der Waals surface area contributed by atoms with Crippen molar-refractivity contribution in [2.45, 2.75) is 18.9 Å². The maximum absolute atomic E-state index is 11.7. The highest BCUT2D eigenvalue weighted by Crippen LogP contribution is 2.27. The van der Waals surface area contributed by atoms with E-state index >= 15 is 0 Å². The van der Waals surface area contributed by atoms with Gasteiger partial charge in [0.25, 0.3) is 0 Å². The van der Waals surface area contributed by atoms with Gasteiger partial charge in [0.15, 0.2) is 5.69 Å². The second kappa shape index (κ2) is 4.33. The van der Waals surface area contributed by atoms with Crippen molar-refractivity contribution in [1.82, 2.24) is 0 Å². The van der Waals surface area contributed by atoms with E-state index in [1.54, 1.807) is 29.2 Å². The van der Waals surface area contributed by atoms with Crippen molar-refractivity contribution in [2.75, 3.05) is 11.5 Å². The normalized spacial score (nSPS) is 19.9. The lowest BCUT2D eigenvalue weighted by Gasteiger charge is -2.23. The average Bonchev–Trinajstić information content (AvgIpc) is 2.70. The smallest absolute Gasteiger partial charge is 0.227 e. The van der Waals surface area contributed by atoms with Gasteiger partial charge < -0.3 is 10.0 Å². The molecule has 1 aromatic rings. The SMILES string of the molecule is [C-]#[N+]c1ccc(N2C(=O)CCC2CO)cc1. The largest absolute Gasteiger partial charge is 0.394 e. The molecule has 1 aliphatic rings. The fourth-order valence-corrected chi connectivity index (χ4v) is 1.96. The molecule has 1 fully saturated rings. The zero-order valence-electron chi connectivity index (χ0n) is 8.76. The number of rotatable bonds is 2. The number of aliphatic hydroxyl groups is 1. The van der Waals surface area contributed by atoms with Gasteiger partial charge in [0.05, 0.1) is 19.2 Å². The first kappa shape index (κ1) is 10.7. The van der Waals surface area contributed by atoms with Crippen molar-refractivity contribution in [3.63, 3.8) is 0 Å². The lowest BCUT2D eigenvalue weighted by molar-refractivity contribution is -0.117. The fraction of sp³-hybridized carbons (Fsp3) is 0.333. The summed E-state index contributed by atoms with van der Waals surface area (Å²) >= 11 is 0. The molecule has 4 nitrogen and oxygen atoms in total. The molecule has 0 aliphatic carbocycles. The first-order valence-corrected chi connectivity index (χ1v) is 5.16. The highest BCUT2D eigenvalue weighted by atomic mass is 16.3. The quantitative estimate of drug-likeness (QED) is 0.765. The van der Waals surface area contributed by atoms with Gasteiger partial charge in [0.1, 0.15) is 0 Å². The van der Waals surface area contributed by atoms with Crippen LogP contribution in [0.2, 0.25) is 0 Å². The molecule has 1 N–H and O–H groups in total. The van der Waals surface area contributed by atoms with Gasteiger partial charge in [-0.25, -0.2) is 4.85 Å². The van der Waals surface area contributed by atoms with Gasteiger partial charge in [-0.15, -0.1) is 0 Å². The summed E-state index contributed by atoms with van der Waals surface area (Å²) in [6.07, 6.45) is 1.18. The predicted octanol–water partition coefficient (Wildman–Crippen LogP) is 1.73. The Labute approximate surface area is 93.9 Å². The minimum atomic E-state index is -0.119. The Kier molecular flexibility index (Phi) is 2.88. The third-order valence-electron chi connectivity index (χ3n) is 2.79. The maximum atomic E-state index is 11.7. The number of hydrogen-bond acceptors (Lipinski definition) is 2. The molecule has 0 radical (unpaired) electrons. The molecule has 1 amide bonds. The first-order chi connectivity index (χ1) is 7.76. The van der Waals surface area contributed by atoms with Gasteiger partial charge in [-0.05, 0) is 18.6 Å². The molecule has 2 rings (SSSR count). The van der Waals surface area contributed by atoms with Crippen LogP contribution in [0.25, 0.3) is 4.85 Å². The summed E-state index contributed by atoms with van der Waals surface area (Å²) < 4.78 is 0. The van der Waals surface area contributed by atoms with Gasteiger partial charge in [-0.1, -0.05) is 12.1 Å². The lowest BCUT2D eigenvalue weighted by Crippen LogP contribution is -2.35. The number of anilines is 1. The van der Waals surface area contributed by atoms with E-state index in [9.17, 15) is 9.90 Å². The van der Waals surface area contributed by atoms with Gasteiger partial charge >= 0.3 is 0 Å². The molecule has 0 saturated carbocycles. The Morgan fingerprint density at radius 1 is 1.44 bits per heavy atom. The number of hydrogen-bond donors (Lipinski definition) is 1. The van der Waals surface area contributed by atoms with Crippen LogP contribution < -0.4 is 4.90 Å². The fourth-order valence-electron chi connectivity index (χ4n) is 1.96. The van der Waals surface area contributed by atoms with E-state index in [1.165, 1.54) is 0 Å². The van der Waals surface area contributed by atoms with E-state index in [2.05, 4.69) is 4.85 Å². The number of nitrogens with zero attached hydrogens (tertiary/aromatic N) is 2. The van der Waals surface area contributed by atoms with Crippen LogP contribution >= 0.6 is 0 Å². The zero-order chi connectivity index (χ0) is 11.5. The Hall–Kier alpha value is -1.86. The molecule has 0 bridgehead atoms. The van der Waals surface area contributed by atoms with Crippen molar-refractivity contribution < 1.29 is 9.90 Å².